The molecule has 0 amide bonds. The average molecular weight is 152 g/mol. The second-order valence-electron chi connectivity index (χ2n) is 4.11. The quantitative estimate of drug-likeness (QED) is 0.567. The van der Waals surface area contributed by atoms with Crippen LogP contribution in [-0.2, 0) is 0 Å². The number of hydrogen-bond donors (Lipinski definition) is 1. The number of terminal acetylenes is 1. The Kier molecular flexibility index (Phi) is 1.98. The van der Waals surface area contributed by atoms with Crippen molar-refractivity contribution in [2.75, 3.05) is 0 Å². The van der Waals surface area contributed by atoms with Gasteiger partial charge in [0.25, 0.3) is 0 Å². The highest BCUT2D eigenvalue weighted by molar-refractivity contribution is 5.13. The summed E-state index contributed by atoms with van der Waals surface area (Å²) in [6.45, 7) is 6.14. The van der Waals surface area contributed by atoms with Crippen LogP contribution >= 0.6 is 0 Å². The second-order valence-corrected chi connectivity index (χ2v) is 4.11. The maximum Gasteiger partial charge on any atom is 0.0762 e. The predicted molar refractivity (Wildman–Crippen MR) is 45.9 cm³/mol. The molecule has 1 rings (SSSR count). The van der Waals surface area contributed by atoms with Crippen LogP contribution in [0.1, 0.15) is 27.2 Å². The Morgan fingerprint density at radius 2 is 2.18 bits per heavy atom. The van der Waals surface area contributed by atoms with E-state index in [9.17, 15) is 5.11 Å². The molecular weight excluding hydrogens is 136 g/mol. The summed E-state index contributed by atoms with van der Waals surface area (Å²) < 4.78 is 0. The number of rotatable bonds is 1. The van der Waals surface area contributed by atoms with Crippen molar-refractivity contribution in [1.29, 1.82) is 0 Å². The maximum absolute atomic E-state index is 9.65. The van der Waals surface area contributed by atoms with Gasteiger partial charge in [-0.05, 0) is 25.2 Å². The zero-order valence-corrected chi connectivity index (χ0v) is 7.46. The fourth-order valence-corrected chi connectivity index (χ4v) is 1.95. The number of hydrogen-bond acceptors (Lipinski definition) is 1. The van der Waals surface area contributed by atoms with E-state index < -0.39 is 5.60 Å². The summed E-state index contributed by atoms with van der Waals surface area (Å²) in [5.41, 5.74) is -0.594. The summed E-state index contributed by atoms with van der Waals surface area (Å²) >= 11 is 0. The van der Waals surface area contributed by atoms with Crippen molar-refractivity contribution in [3.63, 3.8) is 0 Å². The third-order valence-corrected chi connectivity index (χ3v) is 2.78. The lowest BCUT2D eigenvalue weighted by Gasteiger charge is -2.49. The molecule has 1 aliphatic carbocycles. The first-order valence-corrected chi connectivity index (χ1v) is 4.17. The molecule has 0 spiro atoms. The first-order valence-electron chi connectivity index (χ1n) is 4.17. The molecule has 1 nitrogen and oxygen atoms in total. The molecule has 1 heteroatoms. The molecule has 0 aromatic heterocycles. The van der Waals surface area contributed by atoms with Gasteiger partial charge in [0.1, 0.15) is 0 Å². The van der Waals surface area contributed by atoms with Gasteiger partial charge < -0.3 is 5.11 Å². The lowest BCUT2D eigenvalue weighted by Crippen LogP contribution is -2.52. The van der Waals surface area contributed by atoms with E-state index in [1.165, 1.54) is 0 Å². The van der Waals surface area contributed by atoms with Gasteiger partial charge in [-0.15, -0.1) is 12.3 Å². The van der Waals surface area contributed by atoms with Gasteiger partial charge in [0.2, 0.25) is 0 Å². The Labute approximate surface area is 68.8 Å². The third-order valence-electron chi connectivity index (χ3n) is 2.78. The molecule has 3 unspecified atom stereocenters. The van der Waals surface area contributed by atoms with Gasteiger partial charge in [-0.25, -0.2) is 0 Å². The lowest BCUT2D eigenvalue weighted by molar-refractivity contribution is -0.111. The molecule has 1 aliphatic rings. The van der Waals surface area contributed by atoms with Crippen molar-refractivity contribution >= 4 is 0 Å². The minimum Gasteiger partial charge on any atom is -0.389 e. The molecule has 62 valence electrons. The van der Waals surface area contributed by atoms with Crippen molar-refractivity contribution in [1.82, 2.24) is 0 Å². The minimum absolute atomic E-state index is 0.0718. The summed E-state index contributed by atoms with van der Waals surface area (Å²) in [7, 11) is 0. The van der Waals surface area contributed by atoms with Crippen molar-refractivity contribution in [3.8, 4) is 12.3 Å². The average Bonchev–Trinajstić information content (AvgIpc) is 1.84. The van der Waals surface area contributed by atoms with Gasteiger partial charge in [-0.2, -0.15) is 0 Å². The van der Waals surface area contributed by atoms with Gasteiger partial charge in [-0.3, -0.25) is 0 Å². The van der Waals surface area contributed by atoms with Crippen LogP contribution in [0.3, 0.4) is 0 Å². The summed E-state index contributed by atoms with van der Waals surface area (Å²) in [5.74, 6) is 3.86. The van der Waals surface area contributed by atoms with E-state index in [0.29, 0.717) is 11.8 Å². The van der Waals surface area contributed by atoms with Gasteiger partial charge in [0, 0.05) is 0 Å². The van der Waals surface area contributed by atoms with E-state index in [2.05, 4.69) is 19.8 Å². The van der Waals surface area contributed by atoms with Gasteiger partial charge in [-0.1, -0.05) is 13.8 Å². The maximum atomic E-state index is 9.65. The molecule has 1 saturated carbocycles. The first-order chi connectivity index (χ1) is 4.99. The fourth-order valence-electron chi connectivity index (χ4n) is 1.95. The third kappa shape index (κ3) is 1.28. The van der Waals surface area contributed by atoms with E-state index in [1.54, 1.807) is 0 Å². The van der Waals surface area contributed by atoms with E-state index in [-0.39, 0.29) is 5.92 Å². The molecule has 0 bridgehead atoms. The van der Waals surface area contributed by atoms with Crippen LogP contribution in [0.25, 0.3) is 0 Å². The van der Waals surface area contributed by atoms with E-state index in [1.807, 2.05) is 6.92 Å². The topological polar surface area (TPSA) is 20.2 Å². The summed E-state index contributed by atoms with van der Waals surface area (Å²) in [6, 6.07) is 0. The molecule has 0 aromatic rings. The highest BCUT2D eigenvalue weighted by Crippen LogP contribution is 2.46. The molecule has 0 saturated heterocycles. The highest BCUT2D eigenvalue weighted by atomic mass is 16.3. The van der Waals surface area contributed by atoms with Crippen LogP contribution in [0.5, 0.6) is 0 Å². The molecule has 0 radical (unpaired) electrons. The molecular formula is C10H16O. The normalized spacial score (nSPS) is 43.3. The minimum atomic E-state index is -0.594. The molecule has 11 heavy (non-hydrogen) atoms. The van der Waals surface area contributed by atoms with Crippen molar-refractivity contribution in [2.45, 2.75) is 32.8 Å². The van der Waals surface area contributed by atoms with Crippen LogP contribution in [0.15, 0.2) is 0 Å². The lowest BCUT2D eigenvalue weighted by atomic mass is 9.59. The van der Waals surface area contributed by atoms with Gasteiger partial charge >= 0.3 is 0 Å². The van der Waals surface area contributed by atoms with Crippen molar-refractivity contribution in [3.05, 3.63) is 0 Å². The highest BCUT2D eigenvalue weighted by Gasteiger charge is 2.49. The summed E-state index contributed by atoms with van der Waals surface area (Å²) in [6.07, 6.45) is 6.19. The smallest absolute Gasteiger partial charge is 0.0762 e. The molecule has 0 aromatic carbocycles. The van der Waals surface area contributed by atoms with E-state index >= 15 is 0 Å². The number of aliphatic hydroxyl groups is 1. The van der Waals surface area contributed by atoms with E-state index in [0.717, 1.165) is 6.42 Å². The summed E-state index contributed by atoms with van der Waals surface area (Å²) in [4.78, 5) is 0. The van der Waals surface area contributed by atoms with Gasteiger partial charge in [0.05, 0.1) is 11.5 Å². The van der Waals surface area contributed by atoms with Crippen molar-refractivity contribution in [2.24, 2.45) is 17.8 Å². The molecule has 3 atom stereocenters. The van der Waals surface area contributed by atoms with Crippen molar-refractivity contribution < 1.29 is 5.11 Å². The zero-order chi connectivity index (χ0) is 8.65. The fraction of sp³-hybridized carbons (Fsp3) is 0.800. The van der Waals surface area contributed by atoms with Crippen LogP contribution in [0.4, 0.5) is 0 Å². The second kappa shape index (κ2) is 2.53. The van der Waals surface area contributed by atoms with Crippen LogP contribution in [0.2, 0.25) is 0 Å². The largest absolute Gasteiger partial charge is 0.389 e. The Hall–Kier alpha value is -0.480. The Morgan fingerprint density at radius 3 is 2.36 bits per heavy atom. The Balaban J connectivity index is 2.62. The molecule has 0 heterocycles. The van der Waals surface area contributed by atoms with Crippen LogP contribution < -0.4 is 0 Å². The SMILES string of the molecule is C#CC1C(C(C)C)CC1(C)O. The van der Waals surface area contributed by atoms with E-state index in [4.69, 9.17) is 6.42 Å². The zero-order valence-electron chi connectivity index (χ0n) is 7.46. The van der Waals surface area contributed by atoms with Crippen LogP contribution in [-0.4, -0.2) is 10.7 Å². The molecule has 0 aliphatic heterocycles. The monoisotopic (exact) mass is 152 g/mol. The predicted octanol–water partition coefficient (Wildman–Crippen LogP) is 1.66. The van der Waals surface area contributed by atoms with Crippen LogP contribution in [0, 0.1) is 30.1 Å². The first kappa shape index (κ1) is 8.62. The molecule has 1 fully saturated rings. The Morgan fingerprint density at radius 1 is 1.64 bits per heavy atom. The summed E-state index contributed by atoms with van der Waals surface area (Å²) in [5, 5.41) is 9.65. The Bertz CT molecular complexity index is 186. The molecule has 1 N–H and O–H groups in total. The standard InChI is InChI=1S/C10H16O/c1-5-9-8(7(2)3)6-10(9,4)11/h1,7-9,11H,6H2,2-4H3. The van der Waals surface area contributed by atoms with Gasteiger partial charge in [0.15, 0.2) is 0 Å².